The molecule has 0 unspecified atom stereocenters. The predicted molar refractivity (Wildman–Crippen MR) is 92.5 cm³/mol. The fourth-order valence-corrected chi connectivity index (χ4v) is 3.65. The standard InChI is InChI=1S/C17H23N3O2S/c1-3-7-18-15(21)13-19-8-5-9-20(11-10-19)17(22)16-14(4-2)6-12-23-16/h1,6,12H,4-5,7-11,13H2,2H3,(H,18,21). The van der Waals surface area contributed by atoms with Crippen LogP contribution in [0.15, 0.2) is 11.4 Å². The first-order valence-electron chi connectivity index (χ1n) is 7.93. The van der Waals surface area contributed by atoms with Crippen molar-refractivity contribution in [1.29, 1.82) is 0 Å². The van der Waals surface area contributed by atoms with Crippen LogP contribution in [0.1, 0.15) is 28.6 Å². The molecule has 2 amide bonds. The maximum absolute atomic E-state index is 12.7. The smallest absolute Gasteiger partial charge is 0.264 e. The molecule has 0 radical (unpaired) electrons. The minimum absolute atomic E-state index is 0.0609. The second-order valence-corrected chi connectivity index (χ2v) is 6.45. The van der Waals surface area contributed by atoms with E-state index in [1.165, 1.54) is 11.3 Å². The van der Waals surface area contributed by atoms with Crippen LogP contribution < -0.4 is 5.32 Å². The lowest BCUT2D eigenvalue weighted by Gasteiger charge is -2.21. The van der Waals surface area contributed by atoms with Gasteiger partial charge in [-0.05, 0) is 29.9 Å². The number of nitrogens with one attached hydrogen (secondary N) is 1. The molecule has 2 heterocycles. The van der Waals surface area contributed by atoms with Gasteiger partial charge in [-0.25, -0.2) is 0 Å². The van der Waals surface area contributed by atoms with E-state index in [1.807, 2.05) is 16.3 Å². The third-order valence-electron chi connectivity index (χ3n) is 3.95. The summed E-state index contributed by atoms with van der Waals surface area (Å²) in [5, 5.41) is 4.65. The fraction of sp³-hybridized carbons (Fsp3) is 0.529. The summed E-state index contributed by atoms with van der Waals surface area (Å²) in [6.45, 7) is 5.58. The average Bonchev–Trinajstić information content (AvgIpc) is 2.92. The molecule has 23 heavy (non-hydrogen) atoms. The lowest BCUT2D eigenvalue weighted by atomic mass is 10.2. The van der Waals surface area contributed by atoms with E-state index in [0.29, 0.717) is 19.6 Å². The molecule has 0 aliphatic carbocycles. The highest BCUT2D eigenvalue weighted by Crippen LogP contribution is 2.20. The van der Waals surface area contributed by atoms with Crippen molar-refractivity contribution in [3.05, 3.63) is 21.9 Å². The van der Waals surface area contributed by atoms with Crippen molar-refractivity contribution >= 4 is 23.2 Å². The van der Waals surface area contributed by atoms with Gasteiger partial charge in [-0.15, -0.1) is 17.8 Å². The Morgan fingerprint density at radius 1 is 1.35 bits per heavy atom. The molecule has 0 saturated carbocycles. The van der Waals surface area contributed by atoms with Gasteiger partial charge in [0, 0.05) is 26.2 Å². The lowest BCUT2D eigenvalue weighted by Crippen LogP contribution is -2.40. The highest BCUT2D eigenvalue weighted by Gasteiger charge is 2.23. The number of rotatable bonds is 5. The molecule has 1 saturated heterocycles. The van der Waals surface area contributed by atoms with Gasteiger partial charge in [-0.2, -0.15) is 0 Å². The van der Waals surface area contributed by atoms with Crippen LogP contribution in [-0.2, 0) is 11.2 Å². The fourth-order valence-electron chi connectivity index (χ4n) is 2.69. The lowest BCUT2D eigenvalue weighted by molar-refractivity contribution is -0.121. The molecule has 0 atom stereocenters. The number of carbonyl (C=O) groups excluding carboxylic acids is 2. The van der Waals surface area contributed by atoms with Crippen LogP contribution in [0.5, 0.6) is 0 Å². The topological polar surface area (TPSA) is 52.7 Å². The van der Waals surface area contributed by atoms with Crippen molar-refractivity contribution in [2.45, 2.75) is 19.8 Å². The minimum Gasteiger partial charge on any atom is -0.344 e. The summed E-state index contributed by atoms with van der Waals surface area (Å²) in [7, 11) is 0. The van der Waals surface area contributed by atoms with Gasteiger partial charge < -0.3 is 10.2 Å². The normalized spacial score (nSPS) is 15.7. The summed E-state index contributed by atoms with van der Waals surface area (Å²) in [6.07, 6.45) is 6.89. The maximum Gasteiger partial charge on any atom is 0.264 e. The molecule has 1 fully saturated rings. The summed E-state index contributed by atoms with van der Waals surface area (Å²) in [5.41, 5.74) is 1.12. The van der Waals surface area contributed by atoms with E-state index in [9.17, 15) is 9.59 Å². The number of hydrogen-bond acceptors (Lipinski definition) is 4. The zero-order valence-corrected chi connectivity index (χ0v) is 14.3. The van der Waals surface area contributed by atoms with Gasteiger partial charge in [-0.1, -0.05) is 12.8 Å². The van der Waals surface area contributed by atoms with Crippen LogP contribution in [0.3, 0.4) is 0 Å². The number of terminal acetylenes is 1. The van der Waals surface area contributed by atoms with Gasteiger partial charge >= 0.3 is 0 Å². The van der Waals surface area contributed by atoms with Gasteiger partial charge in [0.05, 0.1) is 18.0 Å². The van der Waals surface area contributed by atoms with Crippen LogP contribution in [0, 0.1) is 12.3 Å². The Morgan fingerprint density at radius 2 is 2.17 bits per heavy atom. The largest absolute Gasteiger partial charge is 0.344 e. The first-order valence-corrected chi connectivity index (χ1v) is 8.81. The molecule has 1 aliphatic rings. The molecule has 5 nitrogen and oxygen atoms in total. The summed E-state index contributed by atoms with van der Waals surface area (Å²) >= 11 is 1.52. The highest BCUT2D eigenvalue weighted by molar-refractivity contribution is 7.12. The summed E-state index contributed by atoms with van der Waals surface area (Å²) in [6, 6.07) is 2.03. The number of carbonyl (C=O) groups is 2. The summed E-state index contributed by atoms with van der Waals surface area (Å²) in [5.74, 6) is 2.45. The van der Waals surface area contributed by atoms with Gasteiger partial charge in [0.15, 0.2) is 0 Å². The molecule has 0 bridgehead atoms. The highest BCUT2D eigenvalue weighted by atomic mass is 32.1. The molecular formula is C17H23N3O2S. The van der Waals surface area contributed by atoms with Crippen molar-refractivity contribution in [2.24, 2.45) is 0 Å². The molecule has 1 aromatic heterocycles. The Kier molecular flexibility index (Phi) is 6.63. The van der Waals surface area contributed by atoms with Gasteiger partial charge in [0.2, 0.25) is 5.91 Å². The van der Waals surface area contributed by atoms with Crippen molar-refractivity contribution in [1.82, 2.24) is 15.1 Å². The van der Waals surface area contributed by atoms with Gasteiger partial charge in [0.25, 0.3) is 5.91 Å². The van der Waals surface area contributed by atoms with Crippen molar-refractivity contribution in [3.63, 3.8) is 0 Å². The van der Waals surface area contributed by atoms with Gasteiger partial charge in [0.1, 0.15) is 0 Å². The number of nitrogens with zero attached hydrogens (tertiary/aromatic N) is 2. The average molecular weight is 333 g/mol. The Balaban J connectivity index is 1.90. The van der Waals surface area contributed by atoms with E-state index < -0.39 is 0 Å². The van der Waals surface area contributed by atoms with Crippen molar-refractivity contribution < 1.29 is 9.59 Å². The van der Waals surface area contributed by atoms with Crippen LogP contribution in [-0.4, -0.2) is 60.9 Å². The predicted octanol–water partition coefficient (Wildman–Crippen LogP) is 1.21. The zero-order chi connectivity index (χ0) is 16.7. The van der Waals surface area contributed by atoms with Crippen LogP contribution >= 0.6 is 11.3 Å². The molecule has 1 N–H and O–H groups in total. The SMILES string of the molecule is C#CCNC(=O)CN1CCCN(C(=O)c2sccc2CC)CC1. The number of hydrogen-bond donors (Lipinski definition) is 1. The molecule has 124 valence electrons. The Morgan fingerprint density at radius 3 is 2.91 bits per heavy atom. The Hall–Kier alpha value is -1.84. The first-order chi connectivity index (χ1) is 11.2. The molecule has 1 aliphatic heterocycles. The Bertz CT molecular complexity index is 591. The van der Waals surface area contributed by atoms with Crippen LogP contribution in [0.2, 0.25) is 0 Å². The number of aryl methyl sites for hydroxylation is 1. The third kappa shape index (κ3) is 4.81. The van der Waals surface area contributed by atoms with Crippen LogP contribution in [0.4, 0.5) is 0 Å². The molecule has 1 aromatic rings. The van der Waals surface area contributed by atoms with Crippen LogP contribution in [0.25, 0.3) is 0 Å². The van der Waals surface area contributed by atoms with Crippen molar-refractivity contribution in [2.75, 3.05) is 39.3 Å². The molecule has 0 aromatic carbocycles. The molecular weight excluding hydrogens is 310 g/mol. The number of thiophene rings is 1. The third-order valence-corrected chi connectivity index (χ3v) is 4.90. The van der Waals surface area contributed by atoms with E-state index in [-0.39, 0.29) is 18.4 Å². The van der Waals surface area contributed by atoms with E-state index >= 15 is 0 Å². The maximum atomic E-state index is 12.7. The Labute approximate surface area is 141 Å². The van der Waals surface area contributed by atoms with Gasteiger partial charge in [-0.3, -0.25) is 14.5 Å². The zero-order valence-electron chi connectivity index (χ0n) is 13.5. The summed E-state index contributed by atoms with van der Waals surface area (Å²) in [4.78, 5) is 29.3. The minimum atomic E-state index is -0.0609. The second-order valence-electron chi connectivity index (χ2n) is 5.53. The molecule has 2 rings (SSSR count). The van der Waals surface area contributed by atoms with E-state index in [4.69, 9.17) is 6.42 Å². The van der Waals surface area contributed by atoms with E-state index in [2.05, 4.69) is 23.1 Å². The monoisotopic (exact) mass is 333 g/mol. The van der Waals surface area contributed by atoms with Crippen molar-refractivity contribution in [3.8, 4) is 12.3 Å². The molecule has 0 spiro atoms. The summed E-state index contributed by atoms with van der Waals surface area (Å²) < 4.78 is 0. The number of amides is 2. The quantitative estimate of drug-likeness (QED) is 0.824. The first kappa shape index (κ1) is 17.5. The molecule has 6 heteroatoms. The van der Waals surface area contributed by atoms with E-state index in [0.717, 1.165) is 36.4 Å². The second kappa shape index (κ2) is 8.70. The van der Waals surface area contributed by atoms with E-state index in [1.54, 1.807) is 0 Å².